The zero-order valence-corrected chi connectivity index (χ0v) is 14.1. The molecule has 1 heterocycles. The van der Waals surface area contributed by atoms with Gasteiger partial charge in [0.15, 0.2) is 23.3 Å². The summed E-state index contributed by atoms with van der Waals surface area (Å²) >= 11 is 0. The van der Waals surface area contributed by atoms with Crippen molar-refractivity contribution >= 4 is 23.5 Å². The molecule has 0 unspecified atom stereocenters. The van der Waals surface area contributed by atoms with E-state index >= 15 is 0 Å². The Labute approximate surface area is 145 Å². The van der Waals surface area contributed by atoms with Crippen molar-refractivity contribution in [1.29, 1.82) is 0 Å². The van der Waals surface area contributed by atoms with E-state index in [0.717, 1.165) is 11.1 Å². The number of nitrogens with zero attached hydrogens (tertiary/aromatic N) is 4. The molecule has 0 saturated carbocycles. The lowest BCUT2D eigenvalue weighted by Crippen LogP contribution is -2.26. The van der Waals surface area contributed by atoms with Gasteiger partial charge in [-0.2, -0.15) is 4.99 Å². The first-order chi connectivity index (χ1) is 11.8. The van der Waals surface area contributed by atoms with Gasteiger partial charge in [-0.3, -0.25) is 4.79 Å². The number of aromatic nitrogens is 2. The predicted molar refractivity (Wildman–Crippen MR) is 97.1 cm³/mol. The van der Waals surface area contributed by atoms with E-state index in [1.165, 1.54) is 0 Å². The van der Waals surface area contributed by atoms with Crippen LogP contribution in [0.1, 0.15) is 16.1 Å². The number of aliphatic hydroxyl groups excluding tert-OH is 1. The van der Waals surface area contributed by atoms with Crippen molar-refractivity contribution < 1.29 is 9.90 Å². The number of rotatable bonds is 5. The van der Waals surface area contributed by atoms with Gasteiger partial charge >= 0.3 is 5.91 Å². The Morgan fingerprint density at radius 3 is 2.56 bits per heavy atom. The zero-order valence-electron chi connectivity index (χ0n) is 14.1. The van der Waals surface area contributed by atoms with E-state index in [1.54, 1.807) is 11.9 Å². The molecule has 0 fully saturated rings. The average molecular weight is 343 g/mol. The summed E-state index contributed by atoms with van der Waals surface area (Å²) in [6.07, 6.45) is 0. The van der Waals surface area contributed by atoms with E-state index in [-0.39, 0.29) is 24.1 Å². The number of hydrogen-bond donors (Lipinski definition) is 4. The van der Waals surface area contributed by atoms with Crippen LogP contribution in [0.5, 0.6) is 0 Å². The second kappa shape index (κ2) is 7.58. The quantitative estimate of drug-likeness (QED) is 0.432. The molecule has 1 amide bonds. The van der Waals surface area contributed by atoms with Gasteiger partial charge in [0.1, 0.15) is 5.69 Å². The molecule has 2 aromatic rings. The molecule has 0 aliphatic rings. The number of anilines is 2. The van der Waals surface area contributed by atoms with Gasteiger partial charge in [0.2, 0.25) is 0 Å². The number of carbonyl (C=O) groups excluding carboxylic acids is 1. The summed E-state index contributed by atoms with van der Waals surface area (Å²) < 4.78 is 0. The standard InChI is InChI=1S/C16H21N7O2/c1-9-5-3-4-6-10(9)11-14(23(2)7-8-24)21-13(17)12(20-11)15(25)22-16(18)19/h3-6,24H,7-8H2,1-2H3,(H2,17,21)(H4,18,19,22,25). The van der Waals surface area contributed by atoms with Crippen LogP contribution >= 0.6 is 0 Å². The maximum absolute atomic E-state index is 12.2. The van der Waals surface area contributed by atoms with Gasteiger partial charge in [-0.1, -0.05) is 24.3 Å². The van der Waals surface area contributed by atoms with Crippen molar-refractivity contribution in [2.24, 2.45) is 16.5 Å². The topological polar surface area (TPSA) is 157 Å². The lowest BCUT2D eigenvalue weighted by atomic mass is 10.0. The van der Waals surface area contributed by atoms with Crippen LogP contribution in [0.25, 0.3) is 11.3 Å². The van der Waals surface area contributed by atoms with Crippen LogP contribution in [0.3, 0.4) is 0 Å². The Morgan fingerprint density at radius 1 is 1.28 bits per heavy atom. The Balaban J connectivity index is 2.70. The van der Waals surface area contributed by atoms with Crippen molar-refractivity contribution in [2.75, 3.05) is 30.8 Å². The maximum atomic E-state index is 12.2. The first-order valence-corrected chi connectivity index (χ1v) is 7.54. The molecule has 0 aliphatic heterocycles. The fourth-order valence-corrected chi connectivity index (χ4v) is 2.31. The van der Waals surface area contributed by atoms with Gasteiger partial charge in [0.05, 0.1) is 6.61 Å². The number of aryl methyl sites for hydroxylation is 1. The van der Waals surface area contributed by atoms with Gasteiger partial charge in [0, 0.05) is 19.2 Å². The molecule has 1 aromatic carbocycles. The highest BCUT2D eigenvalue weighted by atomic mass is 16.3. The maximum Gasteiger partial charge on any atom is 0.302 e. The second-order valence-corrected chi connectivity index (χ2v) is 5.43. The van der Waals surface area contributed by atoms with E-state index in [0.29, 0.717) is 18.1 Å². The molecule has 132 valence electrons. The summed E-state index contributed by atoms with van der Waals surface area (Å²) in [4.78, 5) is 26.0. The molecule has 9 nitrogen and oxygen atoms in total. The monoisotopic (exact) mass is 343 g/mol. The number of guanidine groups is 1. The van der Waals surface area contributed by atoms with Crippen molar-refractivity contribution in [3.05, 3.63) is 35.5 Å². The first-order valence-electron chi connectivity index (χ1n) is 7.54. The number of aliphatic imine (C=N–C) groups is 1. The average Bonchev–Trinajstić information content (AvgIpc) is 2.54. The molecular formula is C16H21N7O2. The molecule has 7 N–H and O–H groups in total. The molecule has 9 heteroatoms. The number of amides is 1. The summed E-state index contributed by atoms with van der Waals surface area (Å²) in [5, 5.41) is 9.20. The number of likely N-dealkylation sites (N-methyl/N-ethyl adjacent to an activating group) is 1. The lowest BCUT2D eigenvalue weighted by molar-refractivity contribution is 0.0998. The van der Waals surface area contributed by atoms with Crippen LogP contribution in [-0.2, 0) is 0 Å². The fourth-order valence-electron chi connectivity index (χ4n) is 2.31. The third-order valence-corrected chi connectivity index (χ3v) is 3.53. The van der Waals surface area contributed by atoms with E-state index in [9.17, 15) is 9.90 Å². The van der Waals surface area contributed by atoms with Crippen LogP contribution in [0, 0.1) is 6.92 Å². The fraction of sp³-hybridized carbons (Fsp3) is 0.250. The Hall–Kier alpha value is -3.20. The molecule has 0 spiro atoms. The van der Waals surface area contributed by atoms with E-state index in [2.05, 4.69) is 15.0 Å². The number of carbonyl (C=O) groups is 1. The molecule has 0 atom stereocenters. The van der Waals surface area contributed by atoms with Gasteiger partial charge in [0.25, 0.3) is 0 Å². The molecular weight excluding hydrogens is 322 g/mol. The summed E-state index contributed by atoms with van der Waals surface area (Å²) in [5.74, 6) is -0.796. The normalized spacial score (nSPS) is 10.4. The van der Waals surface area contributed by atoms with E-state index in [4.69, 9.17) is 17.2 Å². The Kier molecular flexibility index (Phi) is 5.50. The minimum absolute atomic E-state index is 0.0695. The first kappa shape index (κ1) is 18.1. The number of nitrogen functional groups attached to an aromatic ring is 1. The minimum atomic E-state index is -0.767. The largest absolute Gasteiger partial charge is 0.395 e. The van der Waals surface area contributed by atoms with Crippen molar-refractivity contribution in [3.63, 3.8) is 0 Å². The SMILES string of the molecule is Cc1ccccc1-c1nc(C(=O)N=C(N)N)c(N)nc1N(C)CCO. The summed E-state index contributed by atoms with van der Waals surface area (Å²) in [7, 11) is 1.75. The van der Waals surface area contributed by atoms with Crippen LogP contribution in [0.15, 0.2) is 29.3 Å². The molecule has 25 heavy (non-hydrogen) atoms. The number of aliphatic hydroxyl groups is 1. The Morgan fingerprint density at radius 2 is 1.96 bits per heavy atom. The van der Waals surface area contributed by atoms with Crippen molar-refractivity contribution in [2.45, 2.75) is 6.92 Å². The highest BCUT2D eigenvalue weighted by Gasteiger charge is 2.21. The second-order valence-electron chi connectivity index (χ2n) is 5.43. The third kappa shape index (κ3) is 4.01. The number of benzene rings is 1. The van der Waals surface area contributed by atoms with Crippen LogP contribution in [0.4, 0.5) is 11.6 Å². The van der Waals surface area contributed by atoms with Crippen LogP contribution in [-0.4, -0.2) is 47.1 Å². The lowest BCUT2D eigenvalue weighted by Gasteiger charge is -2.21. The zero-order chi connectivity index (χ0) is 18.6. The highest BCUT2D eigenvalue weighted by Crippen LogP contribution is 2.31. The predicted octanol–water partition coefficient (Wildman–Crippen LogP) is -0.124. The third-order valence-electron chi connectivity index (χ3n) is 3.53. The molecule has 1 aromatic heterocycles. The Bertz CT molecular complexity index is 816. The summed E-state index contributed by atoms with van der Waals surface area (Å²) in [6, 6.07) is 7.53. The van der Waals surface area contributed by atoms with Crippen LogP contribution in [0.2, 0.25) is 0 Å². The van der Waals surface area contributed by atoms with Gasteiger partial charge in [-0.25, -0.2) is 9.97 Å². The molecule has 2 rings (SSSR count). The highest BCUT2D eigenvalue weighted by molar-refractivity contribution is 6.04. The van der Waals surface area contributed by atoms with E-state index < -0.39 is 5.91 Å². The van der Waals surface area contributed by atoms with E-state index in [1.807, 2.05) is 31.2 Å². The number of nitrogens with two attached hydrogens (primary N) is 3. The minimum Gasteiger partial charge on any atom is -0.395 e. The smallest absolute Gasteiger partial charge is 0.302 e. The summed E-state index contributed by atoms with van der Waals surface area (Å²) in [6.45, 7) is 2.18. The molecule has 0 aliphatic carbocycles. The van der Waals surface area contributed by atoms with Gasteiger partial charge < -0.3 is 27.2 Å². The van der Waals surface area contributed by atoms with Gasteiger partial charge in [-0.05, 0) is 12.5 Å². The number of hydrogen-bond acceptors (Lipinski definition) is 6. The molecule has 0 saturated heterocycles. The molecule has 0 radical (unpaired) electrons. The molecule has 0 bridgehead atoms. The van der Waals surface area contributed by atoms with Crippen LogP contribution < -0.4 is 22.1 Å². The van der Waals surface area contributed by atoms with Crippen molar-refractivity contribution in [3.8, 4) is 11.3 Å². The summed E-state index contributed by atoms with van der Waals surface area (Å²) in [5.41, 5.74) is 18.4. The van der Waals surface area contributed by atoms with Gasteiger partial charge in [-0.15, -0.1) is 0 Å². The van der Waals surface area contributed by atoms with Crippen molar-refractivity contribution in [1.82, 2.24) is 9.97 Å².